The van der Waals surface area contributed by atoms with Gasteiger partial charge in [0.15, 0.2) is 0 Å². The summed E-state index contributed by atoms with van der Waals surface area (Å²) in [6.07, 6.45) is 2.20. The fourth-order valence-corrected chi connectivity index (χ4v) is 4.03. The molecular formula is C20H31N3O2. The number of hydrogen-bond acceptors (Lipinski definition) is 4. The summed E-state index contributed by atoms with van der Waals surface area (Å²) in [6.45, 7) is 5.14. The van der Waals surface area contributed by atoms with Crippen LogP contribution in [-0.2, 0) is 11.2 Å². The lowest BCUT2D eigenvalue weighted by Crippen LogP contribution is -2.49. The highest BCUT2D eigenvalue weighted by atomic mass is 16.3. The Morgan fingerprint density at radius 2 is 2.00 bits per heavy atom. The van der Waals surface area contributed by atoms with Crippen LogP contribution in [0, 0.1) is 0 Å². The SMILES string of the molecule is CN1CCN(C[C@H](O)CN(C)C(=O)C[C@H]2CCc3ccccc32)CC1. The van der Waals surface area contributed by atoms with E-state index in [0.717, 1.165) is 39.0 Å². The van der Waals surface area contributed by atoms with Crippen molar-refractivity contribution in [2.75, 3.05) is 53.4 Å². The summed E-state index contributed by atoms with van der Waals surface area (Å²) in [5.41, 5.74) is 2.72. The highest BCUT2D eigenvalue weighted by Gasteiger charge is 2.26. The van der Waals surface area contributed by atoms with Crippen LogP contribution in [0.2, 0.25) is 0 Å². The molecule has 1 N–H and O–H groups in total. The van der Waals surface area contributed by atoms with E-state index in [-0.39, 0.29) is 5.91 Å². The molecule has 0 radical (unpaired) electrons. The number of benzene rings is 1. The highest BCUT2D eigenvalue weighted by molar-refractivity contribution is 5.77. The number of rotatable bonds is 6. The number of hydrogen-bond donors (Lipinski definition) is 1. The van der Waals surface area contributed by atoms with E-state index in [1.165, 1.54) is 11.1 Å². The van der Waals surface area contributed by atoms with Gasteiger partial charge < -0.3 is 14.9 Å². The van der Waals surface area contributed by atoms with Crippen molar-refractivity contribution in [3.8, 4) is 0 Å². The molecule has 1 heterocycles. The Kier molecular flexibility index (Phi) is 6.10. The predicted octanol–water partition coefficient (Wildman–Crippen LogP) is 1.17. The number of piperazine rings is 1. The number of aryl methyl sites for hydroxylation is 1. The Hall–Kier alpha value is -1.43. The molecule has 2 aliphatic rings. The molecule has 0 unspecified atom stereocenters. The average molecular weight is 345 g/mol. The lowest BCUT2D eigenvalue weighted by Gasteiger charge is -2.34. The Morgan fingerprint density at radius 3 is 2.76 bits per heavy atom. The number of aliphatic hydroxyl groups is 1. The third kappa shape index (κ3) is 4.81. The summed E-state index contributed by atoms with van der Waals surface area (Å²) in [5.74, 6) is 0.472. The van der Waals surface area contributed by atoms with Gasteiger partial charge >= 0.3 is 0 Å². The minimum absolute atomic E-state index is 0.138. The second kappa shape index (κ2) is 8.30. The summed E-state index contributed by atoms with van der Waals surface area (Å²) >= 11 is 0. The van der Waals surface area contributed by atoms with Crippen LogP contribution in [0.15, 0.2) is 24.3 Å². The zero-order chi connectivity index (χ0) is 17.8. The minimum Gasteiger partial charge on any atom is -0.390 e. The van der Waals surface area contributed by atoms with Crippen LogP contribution >= 0.6 is 0 Å². The zero-order valence-electron chi connectivity index (χ0n) is 15.5. The Balaban J connectivity index is 1.45. The van der Waals surface area contributed by atoms with Crippen molar-refractivity contribution >= 4 is 5.91 Å². The molecule has 138 valence electrons. The summed E-state index contributed by atoms with van der Waals surface area (Å²) < 4.78 is 0. The van der Waals surface area contributed by atoms with Gasteiger partial charge in [0.25, 0.3) is 0 Å². The van der Waals surface area contributed by atoms with E-state index >= 15 is 0 Å². The van der Waals surface area contributed by atoms with Crippen molar-refractivity contribution in [2.24, 2.45) is 0 Å². The summed E-state index contributed by atoms with van der Waals surface area (Å²) in [6, 6.07) is 8.46. The molecular weight excluding hydrogens is 314 g/mol. The molecule has 1 saturated heterocycles. The number of nitrogens with zero attached hydrogens (tertiary/aromatic N) is 3. The molecule has 1 aromatic rings. The van der Waals surface area contributed by atoms with Crippen LogP contribution in [-0.4, -0.2) is 85.2 Å². The molecule has 3 rings (SSSR count). The van der Waals surface area contributed by atoms with Crippen LogP contribution in [0.5, 0.6) is 0 Å². The molecule has 0 spiro atoms. The van der Waals surface area contributed by atoms with Gasteiger partial charge in [0.1, 0.15) is 0 Å². The molecule has 0 aromatic heterocycles. The van der Waals surface area contributed by atoms with Gasteiger partial charge in [-0.25, -0.2) is 0 Å². The van der Waals surface area contributed by atoms with Crippen LogP contribution < -0.4 is 0 Å². The molecule has 1 aliphatic carbocycles. The van der Waals surface area contributed by atoms with E-state index in [2.05, 4.69) is 41.1 Å². The van der Waals surface area contributed by atoms with Crippen molar-refractivity contribution in [3.05, 3.63) is 35.4 Å². The van der Waals surface area contributed by atoms with Gasteiger partial charge in [0.05, 0.1) is 6.10 Å². The average Bonchev–Trinajstić information content (AvgIpc) is 3.00. The second-order valence-electron chi connectivity index (χ2n) is 7.67. The van der Waals surface area contributed by atoms with E-state index in [9.17, 15) is 9.90 Å². The number of carbonyl (C=O) groups is 1. The first-order chi connectivity index (χ1) is 12.0. The normalized spacial score (nSPS) is 22.6. The van der Waals surface area contributed by atoms with E-state index in [1.807, 2.05) is 7.05 Å². The maximum absolute atomic E-state index is 12.6. The summed E-state index contributed by atoms with van der Waals surface area (Å²) in [4.78, 5) is 18.9. The Labute approximate surface area is 151 Å². The topological polar surface area (TPSA) is 47.0 Å². The van der Waals surface area contributed by atoms with Crippen molar-refractivity contribution in [1.82, 2.24) is 14.7 Å². The highest BCUT2D eigenvalue weighted by Crippen LogP contribution is 2.35. The van der Waals surface area contributed by atoms with Crippen LogP contribution in [0.25, 0.3) is 0 Å². The molecule has 1 amide bonds. The Bertz CT molecular complexity index is 584. The molecule has 25 heavy (non-hydrogen) atoms. The van der Waals surface area contributed by atoms with Gasteiger partial charge in [0, 0.05) is 52.7 Å². The Morgan fingerprint density at radius 1 is 1.28 bits per heavy atom. The standard InChI is InChI=1S/C20H31N3O2/c1-21-9-11-23(12-10-21)15-18(24)14-22(2)20(25)13-17-8-7-16-5-3-4-6-19(16)17/h3-6,17-18,24H,7-15H2,1-2H3/t17-,18-/m1/s1. The molecule has 1 aromatic carbocycles. The van der Waals surface area contributed by atoms with Gasteiger partial charge in [-0.1, -0.05) is 24.3 Å². The third-order valence-corrected chi connectivity index (χ3v) is 5.65. The van der Waals surface area contributed by atoms with E-state index in [1.54, 1.807) is 4.90 Å². The van der Waals surface area contributed by atoms with E-state index in [0.29, 0.717) is 25.4 Å². The number of amides is 1. The molecule has 1 fully saturated rings. The fraction of sp³-hybridized carbons (Fsp3) is 0.650. The van der Waals surface area contributed by atoms with Crippen molar-refractivity contribution in [2.45, 2.75) is 31.3 Å². The van der Waals surface area contributed by atoms with Crippen LogP contribution in [0.4, 0.5) is 0 Å². The number of carbonyl (C=O) groups excluding carboxylic acids is 1. The second-order valence-corrected chi connectivity index (χ2v) is 7.67. The largest absolute Gasteiger partial charge is 0.390 e. The van der Waals surface area contributed by atoms with Gasteiger partial charge in [-0.3, -0.25) is 9.69 Å². The molecule has 1 aliphatic heterocycles. The van der Waals surface area contributed by atoms with Gasteiger partial charge in [0.2, 0.25) is 5.91 Å². The van der Waals surface area contributed by atoms with E-state index < -0.39 is 6.10 Å². The van der Waals surface area contributed by atoms with Crippen LogP contribution in [0.1, 0.15) is 29.9 Å². The van der Waals surface area contributed by atoms with Gasteiger partial charge in [-0.15, -0.1) is 0 Å². The maximum Gasteiger partial charge on any atom is 0.223 e. The fourth-order valence-electron chi connectivity index (χ4n) is 4.03. The molecule has 5 nitrogen and oxygen atoms in total. The first-order valence-electron chi connectivity index (χ1n) is 9.43. The first-order valence-corrected chi connectivity index (χ1v) is 9.43. The third-order valence-electron chi connectivity index (χ3n) is 5.65. The summed E-state index contributed by atoms with van der Waals surface area (Å²) in [7, 11) is 3.94. The molecule has 0 saturated carbocycles. The van der Waals surface area contributed by atoms with E-state index in [4.69, 9.17) is 0 Å². The summed E-state index contributed by atoms with van der Waals surface area (Å²) in [5, 5.41) is 10.4. The quantitative estimate of drug-likeness (QED) is 0.841. The number of aliphatic hydroxyl groups excluding tert-OH is 1. The van der Waals surface area contributed by atoms with Gasteiger partial charge in [-0.05, 0) is 36.9 Å². The number of likely N-dealkylation sites (N-methyl/N-ethyl adjacent to an activating group) is 2. The minimum atomic E-state index is -0.478. The van der Waals surface area contributed by atoms with Crippen molar-refractivity contribution in [1.29, 1.82) is 0 Å². The number of β-amino-alcohol motifs (C(OH)–C–C–N with tert-alkyl or cyclic N) is 1. The molecule has 5 heteroatoms. The monoisotopic (exact) mass is 345 g/mol. The predicted molar refractivity (Wildman–Crippen MR) is 99.7 cm³/mol. The lowest BCUT2D eigenvalue weighted by atomic mass is 9.97. The molecule has 2 atom stereocenters. The number of fused-ring (bicyclic) bond motifs is 1. The van der Waals surface area contributed by atoms with Gasteiger partial charge in [-0.2, -0.15) is 0 Å². The lowest BCUT2D eigenvalue weighted by molar-refractivity contribution is -0.131. The first kappa shape index (κ1) is 18.4. The van der Waals surface area contributed by atoms with Crippen molar-refractivity contribution < 1.29 is 9.90 Å². The van der Waals surface area contributed by atoms with Crippen molar-refractivity contribution in [3.63, 3.8) is 0 Å². The van der Waals surface area contributed by atoms with Crippen LogP contribution in [0.3, 0.4) is 0 Å². The maximum atomic E-state index is 12.6. The zero-order valence-corrected chi connectivity index (χ0v) is 15.5. The smallest absolute Gasteiger partial charge is 0.223 e. The molecule has 0 bridgehead atoms.